The van der Waals surface area contributed by atoms with Gasteiger partial charge >= 0.3 is 12.1 Å². The summed E-state index contributed by atoms with van der Waals surface area (Å²) in [5, 5.41) is 13.4. The van der Waals surface area contributed by atoms with Crippen LogP contribution in [0.1, 0.15) is 30.0 Å². The fourth-order valence-electron chi connectivity index (χ4n) is 3.25. The van der Waals surface area contributed by atoms with E-state index in [0.29, 0.717) is 42.4 Å². The molecule has 0 radical (unpaired) electrons. The SMILES string of the molecule is CCOc1nn(-c2ccc(C(F)(F)F)cn2)cc1CCCOc1c(CC(=O)O)cccc1OC. The fourth-order valence-corrected chi connectivity index (χ4v) is 3.25. The third-order valence-electron chi connectivity index (χ3n) is 4.80. The van der Waals surface area contributed by atoms with Crippen LogP contribution in [0.4, 0.5) is 13.2 Å². The van der Waals surface area contributed by atoms with E-state index in [2.05, 4.69) is 10.1 Å². The molecule has 0 spiro atoms. The first-order chi connectivity index (χ1) is 16.2. The van der Waals surface area contributed by atoms with Gasteiger partial charge in [0.25, 0.3) is 0 Å². The molecular formula is C23H24F3N3O5. The van der Waals surface area contributed by atoms with Gasteiger partial charge in [0.1, 0.15) is 0 Å². The molecule has 2 aromatic heterocycles. The summed E-state index contributed by atoms with van der Waals surface area (Å²) in [4.78, 5) is 15.0. The maximum absolute atomic E-state index is 12.8. The number of carbonyl (C=O) groups is 1. The Balaban J connectivity index is 1.70. The molecule has 0 saturated heterocycles. The van der Waals surface area contributed by atoms with Gasteiger partial charge < -0.3 is 19.3 Å². The lowest BCUT2D eigenvalue weighted by Gasteiger charge is -2.14. The number of pyridine rings is 1. The molecule has 0 unspecified atom stereocenters. The topological polar surface area (TPSA) is 95.7 Å². The van der Waals surface area contributed by atoms with Crippen molar-refractivity contribution < 1.29 is 37.3 Å². The van der Waals surface area contributed by atoms with E-state index in [1.807, 2.05) is 0 Å². The Morgan fingerprint density at radius 3 is 2.56 bits per heavy atom. The maximum atomic E-state index is 12.8. The molecule has 182 valence electrons. The van der Waals surface area contributed by atoms with E-state index in [-0.39, 0.29) is 18.8 Å². The molecule has 0 aliphatic carbocycles. The van der Waals surface area contributed by atoms with Crippen LogP contribution in [-0.4, -0.2) is 46.2 Å². The second kappa shape index (κ2) is 10.9. The number of aliphatic carboxylic acids is 1. The monoisotopic (exact) mass is 479 g/mol. The van der Waals surface area contributed by atoms with Crippen molar-refractivity contribution >= 4 is 5.97 Å². The minimum Gasteiger partial charge on any atom is -0.493 e. The van der Waals surface area contributed by atoms with E-state index < -0.39 is 17.7 Å². The van der Waals surface area contributed by atoms with Crippen LogP contribution < -0.4 is 14.2 Å². The summed E-state index contributed by atoms with van der Waals surface area (Å²) in [7, 11) is 1.48. The van der Waals surface area contributed by atoms with E-state index >= 15 is 0 Å². The number of aromatic nitrogens is 3. The fraction of sp³-hybridized carbons (Fsp3) is 0.348. The average molecular weight is 479 g/mol. The Labute approximate surface area is 193 Å². The highest BCUT2D eigenvalue weighted by Gasteiger charge is 2.30. The standard InChI is InChI=1S/C23H24F3N3O5/c1-3-33-22-16(14-29(28-22)19-10-9-17(13-27-19)23(24,25)26)7-5-11-34-21-15(12-20(30)31)6-4-8-18(21)32-2/h4,6,8-10,13-14H,3,5,7,11-12H2,1-2H3,(H,30,31). The van der Waals surface area contributed by atoms with Crippen molar-refractivity contribution in [2.45, 2.75) is 32.4 Å². The number of nitrogens with zero attached hydrogens (tertiary/aromatic N) is 3. The van der Waals surface area contributed by atoms with Gasteiger partial charge in [0.2, 0.25) is 5.88 Å². The molecule has 0 aliphatic heterocycles. The van der Waals surface area contributed by atoms with Crippen LogP contribution in [0.3, 0.4) is 0 Å². The summed E-state index contributed by atoms with van der Waals surface area (Å²) in [5.74, 6) is 0.414. The van der Waals surface area contributed by atoms with Crippen molar-refractivity contribution in [3.05, 3.63) is 59.4 Å². The number of benzene rings is 1. The van der Waals surface area contributed by atoms with Gasteiger partial charge in [-0.05, 0) is 38.0 Å². The highest BCUT2D eigenvalue weighted by molar-refractivity contribution is 5.72. The van der Waals surface area contributed by atoms with Crippen LogP contribution in [0, 0.1) is 0 Å². The van der Waals surface area contributed by atoms with Gasteiger partial charge in [0.15, 0.2) is 17.3 Å². The summed E-state index contributed by atoms with van der Waals surface area (Å²) in [5.41, 5.74) is 0.394. The van der Waals surface area contributed by atoms with E-state index in [0.717, 1.165) is 17.8 Å². The van der Waals surface area contributed by atoms with Crippen molar-refractivity contribution in [2.75, 3.05) is 20.3 Å². The highest BCUT2D eigenvalue weighted by Crippen LogP contribution is 2.32. The van der Waals surface area contributed by atoms with Crippen LogP contribution in [0.15, 0.2) is 42.7 Å². The molecule has 0 amide bonds. The van der Waals surface area contributed by atoms with Gasteiger partial charge in [-0.2, -0.15) is 13.2 Å². The van der Waals surface area contributed by atoms with Crippen LogP contribution in [0.5, 0.6) is 17.4 Å². The maximum Gasteiger partial charge on any atom is 0.417 e. The van der Waals surface area contributed by atoms with Gasteiger partial charge in [-0.25, -0.2) is 9.67 Å². The third-order valence-corrected chi connectivity index (χ3v) is 4.80. The van der Waals surface area contributed by atoms with Crippen molar-refractivity contribution in [3.63, 3.8) is 0 Å². The summed E-state index contributed by atoms with van der Waals surface area (Å²) in [6.45, 7) is 2.43. The Morgan fingerprint density at radius 2 is 1.94 bits per heavy atom. The molecule has 0 atom stereocenters. The Hall–Kier alpha value is -3.76. The molecule has 0 saturated carbocycles. The lowest BCUT2D eigenvalue weighted by molar-refractivity contribution is -0.138. The van der Waals surface area contributed by atoms with Gasteiger partial charge in [0, 0.05) is 23.5 Å². The molecule has 1 aromatic carbocycles. The second-order valence-corrected chi connectivity index (χ2v) is 7.21. The predicted molar refractivity (Wildman–Crippen MR) is 116 cm³/mol. The zero-order valence-corrected chi connectivity index (χ0v) is 18.6. The Bertz CT molecular complexity index is 1110. The van der Waals surface area contributed by atoms with Crippen LogP contribution >= 0.6 is 0 Å². The third kappa shape index (κ3) is 6.18. The van der Waals surface area contributed by atoms with E-state index in [1.54, 1.807) is 31.3 Å². The minimum atomic E-state index is -4.47. The number of alkyl halides is 3. The number of ether oxygens (including phenoxy) is 3. The number of rotatable bonds is 11. The quantitative estimate of drug-likeness (QED) is 0.409. The van der Waals surface area contributed by atoms with Crippen molar-refractivity contribution in [3.8, 4) is 23.2 Å². The first-order valence-corrected chi connectivity index (χ1v) is 10.5. The van der Waals surface area contributed by atoms with Crippen LogP contribution in [-0.2, 0) is 23.8 Å². The molecule has 0 bridgehead atoms. The Morgan fingerprint density at radius 1 is 1.15 bits per heavy atom. The molecule has 3 rings (SSSR count). The first-order valence-electron chi connectivity index (χ1n) is 10.5. The normalized spacial score (nSPS) is 11.3. The van der Waals surface area contributed by atoms with Crippen molar-refractivity contribution in [2.24, 2.45) is 0 Å². The minimum absolute atomic E-state index is 0.200. The predicted octanol–water partition coefficient (Wildman–Crippen LogP) is 4.33. The highest BCUT2D eigenvalue weighted by atomic mass is 19.4. The lowest BCUT2D eigenvalue weighted by atomic mass is 10.1. The smallest absolute Gasteiger partial charge is 0.417 e. The van der Waals surface area contributed by atoms with Gasteiger partial charge in [-0.1, -0.05) is 12.1 Å². The molecule has 11 heteroatoms. The number of hydrogen-bond donors (Lipinski definition) is 1. The summed E-state index contributed by atoms with van der Waals surface area (Å²) < 4.78 is 56.4. The molecule has 8 nitrogen and oxygen atoms in total. The molecule has 2 heterocycles. The van der Waals surface area contributed by atoms with Crippen LogP contribution in [0.2, 0.25) is 0 Å². The number of hydrogen-bond acceptors (Lipinski definition) is 6. The van der Waals surface area contributed by atoms with Gasteiger partial charge in [-0.15, -0.1) is 5.10 Å². The number of carboxylic acids is 1. The molecule has 34 heavy (non-hydrogen) atoms. The summed E-state index contributed by atoms with van der Waals surface area (Å²) in [6.07, 6.45) is -1.22. The van der Waals surface area contributed by atoms with Gasteiger partial charge in [-0.3, -0.25) is 4.79 Å². The number of para-hydroxylation sites is 1. The Kier molecular flexibility index (Phi) is 7.98. The molecular weight excluding hydrogens is 455 g/mol. The summed E-state index contributed by atoms with van der Waals surface area (Å²) >= 11 is 0. The zero-order chi connectivity index (χ0) is 24.7. The molecule has 1 N–H and O–H groups in total. The lowest BCUT2D eigenvalue weighted by Crippen LogP contribution is -2.07. The van der Waals surface area contributed by atoms with Gasteiger partial charge in [0.05, 0.1) is 32.3 Å². The summed E-state index contributed by atoms with van der Waals surface area (Å²) in [6, 6.07) is 7.24. The van der Waals surface area contributed by atoms with E-state index in [9.17, 15) is 18.0 Å². The van der Waals surface area contributed by atoms with Crippen molar-refractivity contribution in [1.82, 2.24) is 14.8 Å². The number of methoxy groups -OCH3 is 1. The zero-order valence-electron chi connectivity index (χ0n) is 18.6. The molecule has 0 aliphatic rings. The largest absolute Gasteiger partial charge is 0.493 e. The second-order valence-electron chi connectivity index (χ2n) is 7.21. The van der Waals surface area contributed by atoms with E-state index in [4.69, 9.17) is 19.3 Å². The number of halogens is 3. The molecule has 0 fully saturated rings. The number of aryl methyl sites for hydroxylation is 1. The van der Waals surface area contributed by atoms with Crippen LogP contribution in [0.25, 0.3) is 5.82 Å². The first kappa shape index (κ1) is 24.9. The number of carboxylic acid groups (broad SMARTS) is 1. The average Bonchev–Trinajstić information content (AvgIpc) is 3.19. The molecule has 3 aromatic rings. The van der Waals surface area contributed by atoms with Crippen molar-refractivity contribution in [1.29, 1.82) is 0 Å². The van der Waals surface area contributed by atoms with E-state index in [1.165, 1.54) is 17.9 Å².